The van der Waals surface area contributed by atoms with Crippen LogP contribution in [0.25, 0.3) is 5.52 Å². The summed E-state index contributed by atoms with van der Waals surface area (Å²) >= 11 is 0. The van der Waals surface area contributed by atoms with E-state index in [1.54, 1.807) is 18.3 Å². The average Bonchev–Trinajstić information content (AvgIpc) is 2.47. The van der Waals surface area contributed by atoms with Gasteiger partial charge in [0.15, 0.2) is 0 Å². The van der Waals surface area contributed by atoms with Crippen LogP contribution < -0.4 is 4.74 Å². The minimum absolute atomic E-state index is 0.0747. The summed E-state index contributed by atoms with van der Waals surface area (Å²) in [5, 5.41) is 13.1. The smallest absolute Gasteiger partial charge is 0.334 e. The Bertz CT molecular complexity index is 410. The SMILES string of the molecule is COc1ncc2ccc(O)n2n1. The van der Waals surface area contributed by atoms with Crippen LogP contribution in [0.3, 0.4) is 0 Å². The zero-order valence-electron chi connectivity index (χ0n) is 6.43. The Morgan fingerprint density at radius 1 is 1.50 bits per heavy atom. The van der Waals surface area contributed by atoms with E-state index in [2.05, 4.69) is 10.1 Å². The lowest BCUT2D eigenvalue weighted by Gasteiger charge is -1.98. The van der Waals surface area contributed by atoms with Crippen molar-refractivity contribution in [2.45, 2.75) is 0 Å². The third-order valence-electron chi connectivity index (χ3n) is 1.54. The lowest BCUT2D eigenvalue weighted by Crippen LogP contribution is -1.97. The maximum atomic E-state index is 9.25. The van der Waals surface area contributed by atoms with Gasteiger partial charge in [0.25, 0.3) is 0 Å². The van der Waals surface area contributed by atoms with Crippen LogP contribution in [0.4, 0.5) is 0 Å². The third-order valence-corrected chi connectivity index (χ3v) is 1.54. The van der Waals surface area contributed by atoms with Crippen molar-refractivity contribution in [1.82, 2.24) is 14.6 Å². The molecule has 2 rings (SSSR count). The Morgan fingerprint density at radius 3 is 3.08 bits per heavy atom. The molecule has 2 aromatic rings. The molecule has 0 aliphatic heterocycles. The summed E-state index contributed by atoms with van der Waals surface area (Å²) in [6.45, 7) is 0. The Morgan fingerprint density at radius 2 is 2.33 bits per heavy atom. The molecule has 0 radical (unpaired) electrons. The highest BCUT2D eigenvalue weighted by Gasteiger charge is 2.02. The van der Waals surface area contributed by atoms with Crippen molar-refractivity contribution in [1.29, 1.82) is 0 Å². The maximum Gasteiger partial charge on any atom is 0.334 e. The fourth-order valence-electron chi connectivity index (χ4n) is 0.966. The van der Waals surface area contributed by atoms with E-state index in [0.717, 1.165) is 5.52 Å². The molecule has 1 N–H and O–H groups in total. The summed E-state index contributed by atoms with van der Waals surface area (Å²) < 4.78 is 6.15. The van der Waals surface area contributed by atoms with E-state index in [1.807, 2.05) is 0 Å². The number of hydrogen-bond acceptors (Lipinski definition) is 4. The average molecular weight is 165 g/mol. The van der Waals surface area contributed by atoms with Crippen LogP contribution in [0.2, 0.25) is 0 Å². The zero-order chi connectivity index (χ0) is 8.55. The van der Waals surface area contributed by atoms with Gasteiger partial charge in [-0.15, -0.1) is 5.10 Å². The van der Waals surface area contributed by atoms with Gasteiger partial charge in [-0.05, 0) is 6.07 Å². The first-order valence-electron chi connectivity index (χ1n) is 3.39. The second-order valence-electron chi connectivity index (χ2n) is 2.27. The summed E-state index contributed by atoms with van der Waals surface area (Å²) in [6.07, 6.45) is 1.57. The standard InChI is InChI=1S/C7H7N3O2/c1-12-7-8-4-5-2-3-6(11)10(5)9-7/h2-4,11H,1H3. The molecular formula is C7H7N3O2. The molecule has 0 amide bonds. The van der Waals surface area contributed by atoms with Gasteiger partial charge in [-0.25, -0.2) is 4.98 Å². The molecule has 5 nitrogen and oxygen atoms in total. The fraction of sp³-hybridized carbons (Fsp3) is 0.143. The molecule has 5 heteroatoms. The van der Waals surface area contributed by atoms with Crippen LogP contribution in [0.15, 0.2) is 18.3 Å². The van der Waals surface area contributed by atoms with E-state index in [-0.39, 0.29) is 11.9 Å². The number of ether oxygens (including phenoxy) is 1. The minimum atomic E-state index is 0.0747. The lowest BCUT2D eigenvalue weighted by molar-refractivity contribution is 0.363. The second-order valence-corrected chi connectivity index (χ2v) is 2.27. The molecule has 0 spiro atoms. The van der Waals surface area contributed by atoms with Gasteiger partial charge < -0.3 is 9.84 Å². The molecule has 0 fully saturated rings. The molecule has 2 aromatic heterocycles. The maximum absolute atomic E-state index is 9.25. The number of aromatic hydroxyl groups is 1. The van der Waals surface area contributed by atoms with Crippen molar-refractivity contribution in [2.75, 3.05) is 7.11 Å². The number of rotatable bonds is 1. The van der Waals surface area contributed by atoms with Crippen molar-refractivity contribution in [2.24, 2.45) is 0 Å². The first kappa shape index (κ1) is 6.90. The van der Waals surface area contributed by atoms with E-state index in [4.69, 9.17) is 4.74 Å². The quantitative estimate of drug-likeness (QED) is 0.666. The van der Waals surface area contributed by atoms with E-state index in [0.29, 0.717) is 0 Å². The van der Waals surface area contributed by atoms with E-state index < -0.39 is 0 Å². The summed E-state index contributed by atoms with van der Waals surface area (Å²) in [4.78, 5) is 3.87. The molecule has 12 heavy (non-hydrogen) atoms. The Balaban J connectivity index is 2.71. The van der Waals surface area contributed by atoms with Crippen LogP contribution in [-0.4, -0.2) is 26.8 Å². The van der Waals surface area contributed by atoms with Gasteiger partial charge in [-0.2, -0.15) is 4.52 Å². The first-order valence-corrected chi connectivity index (χ1v) is 3.39. The Labute approximate surface area is 68.2 Å². The highest BCUT2D eigenvalue weighted by atomic mass is 16.5. The van der Waals surface area contributed by atoms with Crippen LogP contribution in [0, 0.1) is 0 Å². The topological polar surface area (TPSA) is 59.7 Å². The molecule has 0 bridgehead atoms. The summed E-state index contributed by atoms with van der Waals surface area (Å²) in [7, 11) is 1.47. The van der Waals surface area contributed by atoms with E-state index in [9.17, 15) is 5.11 Å². The highest BCUT2D eigenvalue weighted by Crippen LogP contribution is 2.14. The number of aromatic nitrogens is 3. The van der Waals surface area contributed by atoms with Crippen LogP contribution >= 0.6 is 0 Å². The summed E-state index contributed by atoms with van der Waals surface area (Å²) in [6, 6.07) is 3.49. The summed E-state index contributed by atoms with van der Waals surface area (Å²) in [5.41, 5.74) is 0.730. The predicted octanol–water partition coefficient (Wildman–Crippen LogP) is 0.443. The van der Waals surface area contributed by atoms with Gasteiger partial charge in [-0.3, -0.25) is 0 Å². The molecule has 0 unspecified atom stereocenters. The molecule has 0 atom stereocenters. The minimum Gasteiger partial charge on any atom is -0.493 e. The van der Waals surface area contributed by atoms with Crippen molar-refractivity contribution >= 4 is 5.52 Å². The van der Waals surface area contributed by atoms with Crippen molar-refractivity contribution in [3.8, 4) is 11.9 Å². The van der Waals surface area contributed by atoms with Gasteiger partial charge in [0.1, 0.15) is 0 Å². The molecule has 0 aliphatic rings. The Hall–Kier alpha value is -1.78. The van der Waals surface area contributed by atoms with Crippen molar-refractivity contribution < 1.29 is 9.84 Å². The van der Waals surface area contributed by atoms with Gasteiger partial charge in [0.2, 0.25) is 5.88 Å². The van der Waals surface area contributed by atoms with Crippen LogP contribution in [0.1, 0.15) is 0 Å². The normalized spacial score (nSPS) is 10.4. The van der Waals surface area contributed by atoms with Gasteiger partial charge >= 0.3 is 6.01 Å². The number of nitrogens with zero attached hydrogens (tertiary/aromatic N) is 3. The highest BCUT2D eigenvalue weighted by molar-refractivity contribution is 5.47. The number of methoxy groups -OCH3 is 1. The molecule has 0 aromatic carbocycles. The monoisotopic (exact) mass is 165 g/mol. The van der Waals surface area contributed by atoms with Crippen LogP contribution in [0.5, 0.6) is 11.9 Å². The van der Waals surface area contributed by atoms with Gasteiger partial charge in [0.05, 0.1) is 18.8 Å². The van der Waals surface area contributed by atoms with Crippen molar-refractivity contribution in [3.63, 3.8) is 0 Å². The number of hydrogen-bond donors (Lipinski definition) is 1. The second kappa shape index (κ2) is 2.37. The molecule has 0 saturated carbocycles. The molecule has 0 aliphatic carbocycles. The summed E-state index contributed by atoms with van der Waals surface area (Å²) in [5.74, 6) is 0.0747. The molecule has 2 heterocycles. The van der Waals surface area contributed by atoms with E-state index in [1.165, 1.54) is 11.6 Å². The van der Waals surface area contributed by atoms with Crippen molar-refractivity contribution in [3.05, 3.63) is 18.3 Å². The molecular weight excluding hydrogens is 158 g/mol. The third kappa shape index (κ3) is 0.868. The Kier molecular flexibility index (Phi) is 1.36. The lowest BCUT2D eigenvalue weighted by atomic mass is 10.5. The van der Waals surface area contributed by atoms with Gasteiger partial charge in [-0.1, -0.05) is 0 Å². The van der Waals surface area contributed by atoms with E-state index >= 15 is 0 Å². The largest absolute Gasteiger partial charge is 0.493 e. The first-order chi connectivity index (χ1) is 5.81. The number of fused-ring (bicyclic) bond motifs is 1. The molecule has 62 valence electrons. The fourth-order valence-corrected chi connectivity index (χ4v) is 0.966. The zero-order valence-corrected chi connectivity index (χ0v) is 6.43. The van der Waals surface area contributed by atoms with Crippen LogP contribution in [-0.2, 0) is 0 Å². The van der Waals surface area contributed by atoms with Gasteiger partial charge in [0, 0.05) is 6.07 Å². The molecule has 0 saturated heterocycles. The predicted molar refractivity (Wildman–Crippen MR) is 41.2 cm³/mol.